The molecule has 0 radical (unpaired) electrons. The molecule has 2 rings (SSSR count). The third kappa shape index (κ3) is 2.09. The van der Waals surface area contributed by atoms with Crippen molar-refractivity contribution >= 4 is 16.5 Å². The molecule has 5 heteroatoms. The molecule has 1 heterocycles. The van der Waals surface area contributed by atoms with E-state index < -0.39 is 0 Å². The second-order valence-electron chi connectivity index (χ2n) is 2.61. The maximum absolute atomic E-state index is 10.0. The van der Waals surface area contributed by atoms with Crippen molar-refractivity contribution < 1.29 is 29.6 Å². The molecule has 4 nitrogen and oxygen atoms in total. The van der Waals surface area contributed by atoms with Crippen LogP contribution in [0.4, 0.5) is 5.69 Å². The Labute approximate surface area is 103 Å². The van der Waals surface area contributed by atoms with E-state index in [1.807, 2.05) is 24.3 Å². The van der Waals surface area contributed by atoms with Crippen LogP contribution in [0.5, 0.6) is 0 Å². The molecule has 14 heavy (non-hydrogen) atoms. The number of pyridine rings is 1. The number of hydrogen-bond acceptors (Lipinski definition) is 3. The second-order valence-corrected chi connectivity index (χ2v) is 2.61. The van der Waals surface area contributed by atoms with Gasteiger partial charge in [-0.3, -0.25) is 4.98 Å². The van der Waals surface area contributed by atoms with Crippen LogP contribution in [0, 0.1) is 4.91 Å². The SMILES string of the molecule is O=NNc1cncc2ccccc12.[Na+]. The van der Waals surface area contributed by atoms with Crippen molar-refractivity contribution in [2.45, 2.75) is 0 Å². The molecule has 0 unspecified atom stereocenters. The summed E-state index contributed by atoms with van der Waals surface area (Å²) >= 11 is 0. The molecule has 0 aliphatic rings. The number of nitroso groups, excluding NO2 is 1. The van der Waals surface area contributed by atoms with E-state index in [0.717, 1.165) is 10.8 Å². The van der Waals surface area contributed by atoms with E-state index in [4.69, 9.17) is 0 Å². The fourth-order valence-corrected chi connectivity index (χ4v) is 1.25. The zero-order valence-electron chi connectivity index (χ0n) is 7.77. The average Bonchev–Trinajstić information content (AvgIpc) is 2.19. The zero-order valence-corrected chi connectivity index (χ0v) is 9.77. The van der Waals surface area contributed by atoms with Crippen LogP contribution < -0.4 is 35.0 Å². The van der Waals surface area contributed by atoms with Crippen LogP contribution in [0.1, 0.15) is 0 Å². The Morgan fingerprint density at radius 1 is 1.21 bits per heavy atom. The van der Waals surface area contributed by atoms with Gasteiger partial charge in [-0.15, -0.1) is 4.91 Å². The van der Waals surface area contributed by atoms with E-state index in [1.54, 1.807) is 12.4 Å². The number of nitrogens with one attached hydrogen (secondary N) is 1. The van der Waals surface area contributed by atoms with Crippen molar-refractivity contribution in [2.24, 2.45) is 5.29 Å². The smallest absolute Gasteiger partial charge is 0.262 e. The van der Waals surface area contributed by atoms with Gasteiger partial charge in [0.1, 0.15) is 0 Å². The molecule has 0 amide bonds. The normalized spacial score (nSPS) is 9.14. The number of anilines is 1. The second kappa shape index (κ2) is 5.05. The minimum Gasteiger partial charge on any atom is -0.262 e. The molecule has 1 aromatic heterocycles. The third-order valence-corrected chi connectivity index (χ3v) is 1.83. The largest absolute Gasteiger partial charge is 1.00 e. The molecule has 0 fully saturated rings. The van der Waals surface area contributed by atoms with Crippen LogP contribution in [0.15, 0.2) is 41.9 Å². The first-order valence-corrected chi connectivity index (χ1v) is 3.83. The number of nitrogens with zero attached hydrogens (tertiary/aromatic N) is 2. The third-order valence-electron chi connectivity index (χ3n) is 1.83. The first-order valence-electron chi connectivity index (χ1n) is 3.83. The summed E-state index contributed by atoms with van der Waals surface area (Å²) in [4.78, 5) is 14.0. The van der Waals surface area contributed by atoms with E-state index in [0.29, 0.717) is 5.69 Å². The van der Waals surface area contributed by atoms with Crippen LogP contribution in [-0.2, 0) is 0 Å². The van der Waals surface area contributed by atoms with E-state index in [-0.39, 0.29) is 29.6 Å². The first kappa shape index (κ1) is 11.1. The quantitative estimate of drug-likeness (QED) is 0.394. The molecule has 2 aromatic rings. The Morgan fingerprint density at radius 2 is 2.00 bits per heavy atom. The summed E-state index contributed by atoms with van der Waals surface area (Å²) in [6, 6.07) is 7.66. The molecule has 0 spiro atoms. The number of benzene rings is 1. The predicted octanol–water partition coefficient (Wildman–Crippen LogP) is -0.668. The van der Waals surface area contributed by atoms with Gasteiger partial charge in [0.2, 0.25) is 0 Å². The van der Waals surface area contributed by atoms with Gasteiger partial charge in [0.15, 0.2) is 0 Å². The first-order chi connectivity index (χ1) is 6.42. The summed E-state index contributed by atoms with van der Waals surface area (Å²) in [5.74, 6) is 0. The molecule has 0 bridgehead atoms. The van der Waals surface area contributed by atoms with Crippen molar-refractivity contribution in [1.82, 2.24) is 4.98 Å². The monoisotopic (exact) mass is 196 g/mol. The summed E-state index contributed by atoms with van der Waals surface area (Å²) < 4.78 is 0. The molecule has 0 saturated carbocycles. The van der Waals surface area contributed by atoms with Gasteiger partial charge in [-0.2, -0.15) is 0 Å². The van der Waals surface area contributed by atoms with Gasteiger partial charge >= 0.3 is 29.6 Å². The fraction of sp³-hybridized carbons (Fsp3) is 0. The molecule has 0 atom stereocenters. The van der Waals surface area contributed by atoms with Crippen molar-refractivity contribution in [2.75, 3.05) is 5.43 Å². The van der Waals surface area contributed by atoms with Gasteiger partial charge in [0.05, 0.1) is 17.2 Å². The summed E-state index contributed by atoms with van der Waals surface area (Å²) in [5, 5.41) is 4.54. The van der Waals surface area contributed by atoms with Crippen LogP contribution in [-0.4, -0.2) is 4.98 Å². The zero-order chi connectivity index (χ0) is 9.10. The maximum Gasteiger partial charge on any atom is 1.00 e. The summed E-state index contributed by atoms with van der Waals surface area (Å²) in [7, 11) is 0. The Bertz CT molecular complexity index is 442. The van der Waals surface area contributed by atoms with Crippen LogP contribution in [0.25, 0.3) is 10.8 Å². The Hall–Kier alpha value is -0.970. The van der Waals surface area contributed by atoms with Crippen LogP contribution in [0.3, 0.4) is 0 Å². The minimum absolute atomic E-state index is 0. The molecule has 0 aliphatic carbocycles. The Kier molecular flexibility index (Phi) is 4.00. The van der Waals surface area contributed by atoms with Gasteiger partial charge in [0, 0.05) is 17.0 Å². The molecule has 1 aromatic carbocycles. The van der Waals surface area contributed by atoms with Crippen molar-refractivity contribution in [1.29, 1.82) is 0 Å². The standard InChI is InChI=1S/C9H7N3O.Na/c13-12-11-9-6-10-5-7-3-1-2-4-8(7)9;/h1-6H,(H,11,13);/q;+1. The summed E-state index contributed by atoms with van der Waals surface area (Å²) in [6.45, 7) is 0. The van der Waals surface area contributed by atoms with Gasteiger partial charge < -0.3 is 0 Å². The Morgan fingerprint density at radius 3 is 2.79 bits per heavy atom. The topological polar surface area (TPSA) is 54.4 Å². The van der Waals surface area contributed by atoms with Gasteiger partial charge in [0.25, 0.3) is 0 Å². The van der Waals surface area contributed by atoms with Crippen molar-refractivity contribution in [3.63, 3.8) is 0 Å². The molecule has 64 valence electrons. The van der Waals surface area contributed by atoms with E-state index in [1.165, 1.54) is 0 Å². The number of hydrogen-bond donors (Lipinski definition) is 1. The molecule has 0 aliphatic heterocycles. The van der Waals surface area contributed by atoms with E-state index >= 15 is 0 Å². The predicted molar refractivity (Wildman–Crippen MR) is 51.2 cm³/mol. The van der Waals surface area contributed by atoms with Crippen LogP contribution in [0.2, 0.25) is 0 Å². The molecular formula is C9H7N3NaO+. The van der Waals surface area contributed by atoms with Crippen molar-refractivity contribution in [3.05, 3.63) is 41.6 Å². The van der Waals surface area contributed by atoms with Gasteiger partial charge in [-0.05, 0) is 0 Å². The van der Waals surface area contributed by atoms with E-state index in [2.05, 4.69) is 15.7 Å². The molecule has 1 N–H and O–H groups in total. The molecule has 0 saturated heterocycles. The fourth-order valence-electron chi connectivity index (χ4n) is 1.25. The van der Waals surface area contributed by atoms with Crippen LogP contribution >= 0.6 is 0 Å². The Balaban J connectivity index is 0.000000980. The molecular weight excluding hydrogens is 189 g/mol. The van der Waals surface area contributed by atoms with E-state index in [9.17, 15) is 4.91 Å². The average molecular weight is 196 g/mol. The summed E-state index contributed by atoms with van der Waals surface area (Å²) in [6.07, 6.45) is 3.31. The number of fused-ring (bicyclic) bond motifs is 1. The number of rotatable bonds is 2. The van der Waals surface area contributed by atoms with Crippen molar-refractivity contribution in [3.8, 4) is 0 Å². The van der Waals surface area contributed by atoms with Gasteiger partial charge in [-0.1, -0.05) is 24.3 Å². The summed E-state index contributed by atoms with van der Waals surface area (Å²) in [5.41, 5.74) is 2.99. The minimum atomic E-state index is 0. The maximum atomic E-state index is 10.0. The van der Waals surface area contributed by atoms with Gasteiger partial charge in [-0.25, -0.2) is 5.43 Å². The number of aromatic nitrogens is 1.